The third kappa shape index (κ3) is 13.2. The van der Waals surface area contributed by atoms with E-state index in [0.29, 0.717) is 52.5 Å². The molecule has 2 aliphatic carbocycles. The Balaban J connectivity index is 0.573. The highest BCUT2D eigenvalue weighted by Gasteiger charge is 2.52. The third-order valence-corrected chi connectivity index (χ3v) is 30.1. The van der Waals surface area contributed by atoms with Crippen molar-refractivity contribution in [3.05, 3.63) is 514 Å². The minimum absolute atomic E-state index is 0.509. The molecule has 13 heteroatoms. The van der Waals surface area contributed by atoms with E-state index in [1.165, 1.54) is 49.9 Å². The topological polar surface area (TPSA) is 136 Å². The summed E-state index contributed by atoms with van der Waals surface area (Å²) >= 11 is 0. The minimum atomic E-state index is -0.674. The van der Waals surface area contributed by atoms with Crippen LogP contribution in [-0.4, -0.2) is 63.1 Å². The van der Waals surface area contributed by atoms with Crippen molar-refractivity contribution in [3.8, 4) is 170 Å². The van der Waals surface area contributed by atoms with Gasteiger partial charge in [0.2, 0.25) is 5.95 Å². The maximum absolute atomic E-state index is 5.71. The van der Waals surface area contributed by atoms with Gasteiger partial charge in [-0.05, 0) is 192 Å². The Morgan fingerprint density at radius 1 is 0.143 bits per heavy atom. The predicted octanol–water partition coefficient (Wildman–Crippen LogP) is 32.5. The number of fused-ring (bicyclic) bond motifs is 24. The van der Waals surface area contributed by atoms with Crippen molar-refractivity contribution >= 4 is 98.0 Å². The smallest absolute Gasteiger partial charge is 0.238 e. The molecule has 28 aromatic rings. The van der Waals surface area contributed by atoms with Gasteiger partial charge in [0, 0.05) is 105 Å². The lowest BCUT2D eigenvalue weighted by atomic mass is 9.70. The Morgan fingerprint density at radius 2 is 0.469 bits per heavy atom. The SMILES string of the molecule is c1ccc(-c2nc(-c3ccccc3)nc(-c3cccc(-n4c5ccccc5c5cc(-c6ccc7c(c6)c6ccc(-c8cccc(-c9nc(-c%10ccccc%10)nc(-n%10c%11ccccc%11c%11ccc%12c%13ccccc%13n(-c%13ccc%14ccccc%14c%13)c%12c%11%10)n9)c8)cc6n7-c6cccc(-c7ccc8c(c7)-c7ccccc7C87c8ccccc8-c8ccc(-c9nc(-c%10ccccc%10)nc(-c%10ccccc%10)n9)cc87)c6)ccc54)c3)n2)cc1. The van der Waals surface area contributed by atoms with Gasteiger partial charge >= 0.3 is 0 Å². The standard InChI is InChI=1S/C134H81N13/c1-6-32-83(33-7-1)125-135-126(84-34-8-2-9-35-84)138-130(137-125)96-46-30-48-99(76-96)144-117-56-25-22-53-106(117)111-78-92(63-71-120(111)144)93-64-72-121-112(79-93)107-67-60-94(88-43-28-45-95(73-88)132-141-129(87-40-14-5-15-41-87)142-133(143-132)147-119-58-27-21-52-105(119)109-69-68-108-104-51-20-26-57-118(104)146(123(108)124(109)147)100-65-59-82-31-16-17-42-89(82)74-100)81-122(107)145(121)98-47-29-44-90(75-98)91-62-70-115-110(77-91)102-50-19-24-55-114(102)134(115)113-54-23-18-49-101(113)103-66-61-97(80-116(103)134)131-139-127(85-36-10-3-11-37-85)136-128(140-131)86-38-12-4-13-39-86/h1-81H. The first-order chi connectivity index (χ1) is 72.8. The van der Waals surface area contributed by atoms with Gasteiger partial charge in [0.1, 0.15) is 0 Å². The summed E-state index contributed by atoms with van der Waals surface area (Å²) < 4.78 is 9.57. The lowest BCUT2D eigenvalue weighted by Gasteiger charge is -2.30. The molecule has 21 aromatic carbocycles. The predicted molar refractivity (Wildman–Crippen MR) is 598 cm³/mol. The molecule has 1 spiro atoms. The zero-order valence-electron chi connectivity index (χ0n) is 79.1. The van der Waals surface area contributed by atoms with Crippen LogP contribution in [0.5, 0.6) is 0 Å². The maximum atomic E-state index is 5.71. The van der Waals surface area contributed by atoms with Crippen LogP contribution in [0.2, 0.25) is 0 Å². The van der Waals surface area contributed by atoms with Gasteiger partial charge in [0.15, 0.2) is 46.6 Å². The second kappa shape index (κ2) is 33.1. The van der Waals surface area contributed by atoms with Gasteiger partial charge in [-0.15, -0.1) is 0 Å². The zero-order valence-corrected chi connectivity index (χ0v) is 79.1. The highest BCUT2D eigenvalue weighted by Crippen LogP contribution is 2.64. The van der Waals surface area contributed by atoms with Crippen LogP contribution in [0, 0.1) is 0 Å². The highest BCUT2D eigenvalue weighted by molar-refractivity contribution is 6.24. The number of para-hydroxylation sites is 3. The van der Waals surface area contributed by atoms with Gasteiger partial charge in [-0.25, -0.2) is 34.9 Å². The summed E-state index contributed by atoms with van der Waals surface area (Å²) in [6, 6.07) is 177. The molecule has 0 bridgehead atoms. The van der Waals surface area contributed by atoms with Gasteiger partial charge in [-0.3, -0.25) is 4.57 Å². The molecule has 0 amide bonds. The normalized spacial score (nSPS) is 13.1. The number of hydrogen-bond donors (Lipinski definition) is 0. The summed E-state index contributed by atoms with van der Waals surface area (Å²) in [6.45, 7) is 0. The fourth-order valence-electron chi connectivity index (χ4n) is 23.5. The molecule has 1 atom stereocenters. The summed E-state index contributed by atoms with van der Waals surface area (Å²) in [7, 11) is 0. The maximum Gasteiger partial charge on any atom is 0.238 e. The van der Waals surface area contributed by atoms with E-state index in [9.17, 15) is 0 Å². The summed E-state index contributed by atoms with van der Waals surface area (Å²) in [4.78, 5) is 47.9. The van der Waals surface area contributed by atoms with Crippen LogP contribution in [-0.2, 0) is 5.41 Å². The molecule has 1 unspecified atom stereocenters. The average Bonchev–Trinajstić information content (AvgIpc) is 1.50. The molecule has 0 fully saturated rings. The van der Waals surface area contributed by atoms with E-state index >= 15 is 0 Å². The molecular weight excluding hydrogens is 1790 g/mol. The molecular formula is C134H81N13. The van der Waals surface area contributed by atoms with E-state index in [1.54, 1.807) is 0 Å². The fourth-order valence-corrected chi connectivity index (χ4v) is 23.5. The van der Waals surface area contributed by atoms with Crippen molar-refractivity contribution in [1.29, 1.82) is 0 Å². The second-order valence-electron chi connectivity index (χ2n) is 38.2. The van der Waals surface area contributed by atoms with Crippen molar-refractivity contribution in [1.82, 2.24) is 63.1 Å². The molecule has 0 saturated carbocycles. The molecule has 13 nitrogen and oxygen atoms in total. The van der Waals surface area contributed by atoms with Crippen molar-refractivity contribution in [2.24, 2.45) is 0 Å². The summed E-state index contributed by atoms with van der Waals surface area (Å²) in [6.07, 6.45) is 0. The first-order valence-electron chi connectivity index (χ1n) is 49.8. The van der Waals surface area contributed by atoms with Crippen LogP contribution >= 0.6 is 0 Å². The van der Waals surface area contributed by atoms with Gasteiger partial charge in [-0.1, -0.05) is 388 Å². The number of hydrogen-bond acceptors (Lipinski definition) is 9. The fraction of sp³-hybridized carbons (Fsp3) is 0.00746. The quantitative estimate of drug-likeness (QED) is 0.0983. The number of nitrogens with zero attached hydrogens (tertiary/aromatic N) is 13. The minimum Gasteiger partial charge on any atom is -0.309 e. The average molecular weight is 1870 g/mol. The van der Waals surface area contributed by atoms with Gasteiger partial charge in [0.25, 0.3) is 0 Å². The first-order valence-corrected chi connectivity index (χ1v) is 49.8. The van der Waals surface area contributed by atoms with Crippen LogP contribution in [0.25, 0.3) is 268 Å². The lowest BCUT2D eigenvalue weighted by Crippen LogP contribution is -2.25. The molecule has 7 aromatic heterocycles. The molecule has 2 aliphatic rings. The van der Waals surface area contributed by atoms with Gasteiger partial charge in [0.05, 0.1) is 49.5 Å². The summed E-state index contributed by atoms with van der Waals surface area (Å²) in [5, 5.41) is 11.3. The van der Waals surface area contributed by atoms with Crippen LogP contribution in [0.1, 0.15) is 22.3 Å². The van der Waals surface area contributed by atoms with Gasteiger partial charge < -0.3 is 13.7 Å². The number of rotatable bonds is 15. The third-order valence-electron chi connectivity index (χ3n) is 30.1. The largest absolute Gasteiger partial charge is 0.309 e. The Kier molecular flexibility index (Phi) is 18.7. The monoisotopic (exact) mass is 1870 g/mol. The van der Waals surface area contributed by atoms with E-state index in [4.69, 9.17) is 44.9 Å². The lowest BCUT2D eigenvalue weighted by molar-refractivity contribution is 0.794. The Morgan fingerprint density at radius 3 is 1.03 bits per heavy atom. The molecule has 0 saturated heterocycles. The Hall–Kier alpha value is -19.9. The van der Waals surface area contributed by atoms with Gasteiger partial charge in [-0.2, -0.15) is 9.97 Å². The van der Waals surface area contributed by atoms with Crippen molar-refractivity contribution in [2.45, 2.75) is 5.41 Å². The highest BCUT2D eigenvalue weighted by atomic mass is 15.2. The van der Waals surface area contributed by atoms with E-state index in [0.717, 1.165) is 188 Å². The van der Waals surface area contributed by atoms with Crippen LogP contribution in [0.15, 0.2) is 491 Å². The molecule has 682 valence electrons. The van der Waals surface area contributed by atoms with Crippen LogP contribution in [0.4, 0.5) is 0 Å². The first kappa shape index (κ1) is 83.0. The number of aromatic nitrogens is 13. The van der Waals surface area contributed by atoms with E-state index in [-0.39, 0.29) is 0 Å². The molecule has 0 radical (unpaired) electrons. The molecule has 7 heterocycles. The van der Waals surface area contributed by atoms with Crippen molar-refractivity contribution in [2.75, 3.05) is 0 Å². The van der Waals surface area contributed by atoms with Crippen LogP contribution < -0.4 is 0 Å². The van der Waals surface area contributed by atoms with E-state index in [2.05, 4.69) is 407 Å². The van der Waals surface area contributed by atoms with E-state index < -0.39 is 5.41 Å². The van der Waals surface area contributed by atoms with E-state index in [1.807, 2.05) is 103 Å². The second-order valence-corrected chi connectivity index (χ2v) is 38.2. The Bertz CT molecular complexity index is 10200. The summed E-state index contributed by atoms with van der Waals surface area (Å²) in [5.41, 5.74) is 34.1. The summed E-state index contributed by atoms with van der Waals surface area (Å²) in [5.74, 6) is 5.28. The van der Waals surface area contributed by atoms with Crippen molar-refractivity contribution in [3.63, 3.8) is 0 Å². The zero-order chi connectivity index (χ0) is 96.5. The molecule has 30 rings (SSSR count). The van der Waals surface area contributed by atoms with Crippen LogP contribution in [0.3, 0.4) is 0 Å². The van der Waals surface area contributed by atoms with Crippen molar-refractivity contribution < 1.29 is 0 Å². The molecule has 147 heavy (non-hydrogen) atoms. The number of benzene rings is 21. The molecule has 0 aliphatic heterocycles. The molecule has 0 N–H and O–H groups in total. The Labute approximate surface area is 844 Å².